The maximum absolute atomic E-state index is 12.0. The third-order valence-electron chi connectivity index (χ3n) is 3.46. The topological polar surface area (TPSA) is 84.9 Å². The summed E-state index contributed by atoms with van der Waals surface area (Å²) in [6.45, 7) is 5.31. The second-order valence-electron chi connectivity index (χ2n) is 6.32. The highest BCUT2D eigenvalue weighted by atomic mass is 16.6. The van der Waals surface area contributed by atoms with Crippen LogP contribution in [0.15, 0.2) is 0 Å². The molecular formula is C14H25NO5. The van der Waals surface area contributed by atoms with E-state index in [-0.39, 0.29) is 12.5 Å². The molecule has 6 nitrogen and oxygen atoms in total. The van der Waals surface area contributed by atoms with Gasteiger partial charge in [0, 0.05) is 7.11 Å². The molecule has 0 bridgehead atoms. The van der Waals surface area contributed by atoms with E-state index in [4.69, 9.17) is 14.6 Å². The normalized spacial score (nSPS) is 26.9. The van der Waals surface area contributed by atoms with Gasteiger partial charge in [-0.25, -0.2) is 4.79 Å². The number of amides is 1. The first-order valence-electron chi connectivity index (χ1n) is 6.94. The summed E-state index contributed by atoms with van der Waals surface area (Å²) in [5.74, 6) is -0.954. The van der Waals surface area contributed by atoms with Crippen LogP contribution in [0.25, 0.3) is 0 Å². The van der Waals surface area contributed by atoms with Gasteiger partial charge in [-0.1, -0.05) is 12.8 Å². The summed E-state index contributed by atoms with van der Waals surface area (Å²) in [6.07, 6.45) is 2.09. The lowest BCUT2D eigenvalue weighted by molar-refractivity contribution is -0.141. The summed E-state index contributed by atoms with van der Waals surface area (Å²) < 4.78 is 10.6. The Morgan fingerprint density at radius 3 is 2.50 bits per heavy atom. The van der Waals surface area contributed by atoms with E-state index in [1.54, 1.807) is 27.9 Å². The second kappa shape index (κ2) is 6.43. The zero-order chi connectivity index (χ0) is 15.4. The number of methoxy groups -OCH3 is 1. The number of hydrogen-bond acceptors (Lipinski definition) is 4. The molecule has 2 N–H and O–H groups in total. The van der Waals surface area contributed by atoms with Crippen LogP contribution in [0.5, 0.6) is 0 Å². The predicted octanol–water partition coefficient (Wildman–Crippen LogP) is 2.31. The van der Waals surface area contributed by atoms with Gasteiger partial charge in [0.1, 0.15) is 5.60 Å². The lowest BCUT2D eigenvalue weighted by Gasteiger charge is -2.43. The van der Waals surface area contributed by atoms with E-state index < -0.39 is 23.2 Å². The molecule has 0 aromatic carbocycles. The molecule has 1 fully saturated rings. The van der Waals surface area contributed by atoms with Crippen LogP contribution < -0.4 is 5.32 Å². The van der Waals surface area contributed by atoms with Crippen molar-refractivity contribution in [2.24, 2.45) is 0 Å². The van der Waals surface area contributed by atoms with Crippen LogP contribution in [0.2, 0.25) is 0 Å². The molecule has 0 aromatic rings. The molecule has 0 radical (unpaired) electrons. The maximum Gasteiger partial charge on any atom is 0.408 e. The summed E-state index contributed by atoms with van der Waals surface area (Å²) in [7, 11) is 1.54. The van der Waals surface area contributed by atoms with Gasteiger partial charge < -0.3 is 19.9 Å². The first-order chi connectivity index (χ1) is 9.18. The van der Waals surface area contributed by atoms with E-state index in [1.807, 2.05) is 0 Å². The lowest BCUT2D eigenvalue weighted by atomic mass is 9.76. The number of carbonyl (C=O) groups is 2. The van der Waals surface area contributed by atoms with Crippen LogP contribution in [0.3, 0.4) is 0 Å². The van der Waals surface area contributed by atoms with Crippen LogP contribution >= 0.6 is 0 Å². The Labute approximate surface area is 119 Å². The molecular weight excluding hydrogens is 262 g/mol. The van der Waals surface area contributed by atoms with Gasteiger partial charge in [-0.3, -0.25) is 4.79 Å². The third kappa shape index (κ3) is 4.67. The molecule has 0 spiro atoms. The number of rotatable bonds is 4. The highest BCUT2D eigenvalue weighted by molar-refractivity contribution is 5.73. The Balaban J connectivity index is 2.87. The van der Waals surface area contributed by atoms with Crippen molar-refractivity contribution in [2.45, 2.75) is 70.1 Å². The molecule has 2 atom stereocenters. The number of aliphatic carboxylic acids is 1. The SMILES string of the molecule is COC1CCCCC1(CC(=O)O)NC(=O)OC(C)(C)C. The zero-order valence-corrected chi connectivity index (χ0v) is 12.7. The molecule has 1 rings (SSSR count). The average molecular weight is 287 g/mol. The van der Waals surface area contributed by atoms with Crippen molar-refractivity contribution in [3.63, 3.8) is 0 Å². The van der Waals surface area contributed by atoms with Gasteiger partial charge in [0.05, 0.1) is 18.1 Å². The second-order valence-corrected chi connectivity index (χ2v) is 6.32. The van der Waals surface area contributed by atoms with Gasteiger partial charge in [-0.15, -0.1) is 0 Å². The predicted molar refractivity (Wildman–Crippen MR) is 73.6 cm³/mol. The first-order valence-corrected chi connectivity index (χ1v) is 6.94. The number of alkyl carbamates (subject to hydrolysis) is 1. The molecule has 1 saturated carbocycles. The van der Waals surface area contributed by atoms with Gasteiger partial charge in [0.15, 0.2) is 0 Å². The molecule has 0 aromatic heterocycles. The molecule has 6 heteroatoms. The van der Waals surface area contributed by atoms with Crippen molar-refractivity contribution >= 4 is 12.1 Å². The Morgan fingerprint density at radius 1 is 1.35 bits per heavy atom. The third-order valence-corrected chi connectivity index (χ3v) is 3.46. The van der Waals surface area contributed by atoms with E-state index in [9.17, 15) is 9.59 Å². The fourth-order valence-corrected chi connectivity index (χ4v) is 2.72. The van der Waals surface area contributed by atoms with Crippen molar-refractivity contribution in [3.8, 4) is 0 Å². The molecule has 0 saturated heterocycles. The summed E-state index contributed by atoms with van der Waals surface area (Å²) >= 11 is 0. The van der Waals surface area contributed by atoms with E-state index in [1.165, 1.54) is 0 Å². The van der Waals surface area contributed by atoms with Crippen molar-refractivity contribution in [2.75, 3.05) is 7.11 Å². The molecule has 1 amide bonds. The Kier molecular flexibility index (Phi) is 5.39. The minimum Gasteiger partial charge on any atom is -0.481 e. The number of ether oxygens (including phenoxy) is 2. The van der Waals surface area contributed by atoms with Crippen LogP contribution in [-0.4, -0.2) is 41.5 Å². The van der Waals surface area contributed by atoms with Gasteiger partial charge in [0.2, 0.25) is 0 Å². The molecule has 0 heterocycles. The summed E-state index contributed by atoms with van der Waals surface area (Å²) in [6, 6.07) is 0. The van der Waals surface area contributed by atoms with Crippen molar-refractivity contribution < 1.29 is 24.2 Å². The Hall–Kier alpha value is -1.30. The molecule has 20 heavy (non-hydrogen) atoms. The van der Waals surface area contributed by atoms with E-state index in [0.29, 0.717) is 6.42 Å². The number of carboxylic acids is 1. The number of nitrogens with one attached hydrogen (secondary N) is 1. The van der Waals surface area contributed by atoms with Gasteiger partial charge >= 0.3 is 12.1 Å². The fraction of sp³-hybridized carbons (Fsp3) is 0.857. The molecule has 2 unspecified atom stereocenters. The quantitative estimate of drug-likeness (QED) is 0.828. The van der Waals surface area contributed by atoms with Crippen molar-refractivity contribution in [3.05, 3.63) is 0 Å². The summed E-state index contributed by atoms with van der Waals surface area (Å²) in [5, 5.41) is 11.9. The molecule has 1 aliphatic rings. The average Bonchev–Trinajstić information content (AvgIpc) is 2.25. The van der Waals surface area contributed by atoms with Crippen molar-refractivity contribution in [1.29, 1.82) is 0 Å². The molecule has 116 valence electrons. The molecule has 0 aliphatic heterocycles. The molecule has 1 aliphatic carbocycles. The zero-order valence-electron chi connectivity index (χ0n) is 12.7. The number of carbonyl (C=O) groups excluding carboxylic acids is 1. The van der Waals surface area contributed by atoms with Crippen molar-refractivity contribution in [1.82, 2.24) is 5.32 Å². The Morgan fingerprint density at radius 2 is 2.00 bits per heavy atom. The maximum atomic E-state index is 12.0. The van der Waals surface area contributed by atoms with Gasteiger partial charge in [-0.2, -0.15) is 0 Å². The highest BCUT2D eigenvalue weighted by Gasteiger charge is 2.45. The standard InChI is InChI=1S/C14H25NO5/c1-13(2,3)20-12(18)15-14(9-11(16)17)8-6-5-7-10(14)19-4/h10H,5-9H2,1-4H3,(H,15,18)(H,16,17). The monoisotopic (exact) mass is 287 g/mol. The number of carboxylic acid groups (broad SMARTS) is 1. The largest absolute Gasteiger partial charge is 0.481 e. The minimum atomic E-state index is -0.954. The van der Waals surface area contributed by atoms with Crippen LogP contribution in [-0.2, 0) is 14.3 Å². The fourth-order valence-electron chi connectivity index (χ4n) is 2.72. The summed E-state index contributed by atoms with van der Waals surface area (Å²) in [5.41, 5.74) is -1.51. The van der Waals surface area contributed by atoms with Crippen LogP contribution in [0.4, 0.5) is 4.79 Å². The first kappa shape index (κ1) is 16.8. The minimum absolute atomic E-state index is 0.162. The smallest absolute Gasteiger partial charge is 0.408 e. The van der Waals surface area contributed by atoms with Gasteiger partial charge in [-0.05, 0) is 33.6 Å². The van der Waals surface area contributed by atoms with E-state index in [0.717, 1.165) is 19.3 Å². The lowest BCUT2D eigenvalue weighted by Crippen LogP contribution is -2.60. The van der Waals surface area contributed by atoms with Gasteiger partial charge in [0.25, 0.3) is 0 Å². The number of hydrogen-bond donors (Lipinski definition) is 2. The van der Waals surface area contributed by atoms with E-state index in [2.05, 4.69) is 5.32 Å². The van der Waals surface area contributed by atoms with E-state index >= 15 is 0 Å². The van der Waals surface area contributed by atoms with Crippen LogP contribution in [0, 0.1) is 0 Å². The summed E-state index contributed by atoms with van der Waals surface area (Å²) in [4.78, 5) is 23.1. The Bertz CT molecular complexity index is 363. The van der Waals surface area contributed by atoms with Crippen LogP contribution in [0.1, 0.15) is 52.9 Å². The highest BCUT2D eigenvalue weighted by Crippen LogP contribution is 2.33.